The van der Waals surface area contributed by atoms with Crippen molar-refractivity contribution < 1.29 is 13.9 Å². The smallest absolute Gasteiger partial charge is 0.289 e. The summed E-state index contributed by atoms with van der Waals surface area (Å²) in [6.45, 7) is 3.63. The quantitative estimate of drug-likeness (QED) is 0.295. The Bertz CT molecular complexity index is 464. The van der Waals surface area contributed by atoms with Crippen LogP contribution in [-0.4, -0.2) is 5.78 Å². The molecule has 1 rings (SSSR count). The number of ether oxygens (including phenoxy) is 1. The Balaban J connectivity index is 2.27. The summed E-state index contributed by atoms with van der Waals surface area (Å²) in [5.74, 6) is 0.502. The molecule has 0 spiro atoms. The maximum absolute atomic E-state index is 11.0. The third-order valence-corrected chi connectivity index (χ3v) is 2.38. The van der Waals surface area contributed by atoms with E-state index in [-0.39, 0.29) is 5.78 Å². The summed E-state index contributed by atoms with van der Waals surface area (Å²) in [5, 5.41) is 0. The van der Waals surface area contributed by atoms with Gasteiger partial charge in [0, 0.05) is 13.0 Å². The number of furan rings is 1. The van der Waals surface area contributed by atoms with Gasteiger partial charge < -0.3 is 9.15 Å². The van der Waals surface area contributed by atoms with Crippen molar-refractivity contribution in [3.63, 3.8) is 0 Å². The van der Waals surface area contributed by atoms with Gasteiger partial charge in [-0.25, -0.2) is 0 Å². The molecule has 1 heterocycles. The molecule has 0 aromatic carbocycles. The van der Waals surface area contributed by atoms with E-state index >= 15 is 0 Å². The summed E-state index contributed by atoms with van der Waals surface area (Å²) in [6, 6.07) is 3.22. The second kappa shape index (κ2) is 8.97. The first-order valence-corrected chi connectivity index (χ1v) is 6.49. The van der Waals surface area contributed by atoms with Gasteiger partial charge in [-0.2, -0.15) is 0 Å². The number of rotatable bonds is 8. The van der Waals surface area contributed by atoms with Crippen LogP contribution in [0.3, 0.4) is 0 Å². The molecule has 0 unspecified atom stereocenters. The average molecular weight is 260 g/mol. The van der Waals surface area contributed by atoms with E-state index in [2.05, 4.69) is 13.0 Å². The predicted octanol–water partition coefficient (Wildman–Crippen LogP) is 4.68. The van der Waals surface area contributed by atoms with E-state index in [1.54, 1.807) is 18.2 Å². The lowest BCUT2D eigenvalue weighted by Gasteiger charge is -1.92. The molecule has 1 aromatic rings. The van der Waals surface area contributed by atoms with Crippen molar-refractivity contribution in [1.82, 2.24) is 0 Å². The van der Waals surface area contributed by atoms with Crippen LogP contribution in [0.25, 0.3) is 0 Å². The molecule has 0 aliphatic carbocycles. The van der Waals surface area contributed by atoms with Gasteiger partial charge in [-0.1, -0.05) is 44.1 Å². The van der Waals surface area contributed by atoms with E-state index in [9.17, 15) is 4.79 Å². The van der Waals surface area contributed by atoms with Crippen molar-refractivity contribution in [3.05, 3.63) is 54.5 Å². The Morgan fingerprint density at radius 1 is 1.26 bits per heavy atom. The minimum atomic E-state index is -0.115. The number of allylic oxidation sites excluding steroid dienone is 5. The van der Waals surface area contributed by atoms with Gasteiger partial charge in [0.05, 0.1) is 6.26 Å². The molecule has 0 radical (unpaired) electrons. The van der Waals surface area contributed by atoms with Crippen LogP contribution >= 0.6 is 0 Å². The Kier molecular flexibility index (Phi) is 7.10. The Morgan fingerprint density at radius 2 is 2.05 bits per heavy atom. The molecule has 3 nitrogen and oxygen atoms in total. The lowest BCUT2D eigenvalue weighted by molar-refractivity contribution is 0.0982. The van der Waals surface area contributed by atoms with Crippen molar-refractivity contribution in [1.29, 1.82) is 0 Å². The molecule has 0 amide bonds. The average Bonchev–Trinajstić information content (AvgIpc) is 2.86. The van der Waals surface area contributed by atoms with E-state index in [4.69, 9.17) is 9.15 Å². The first-order valence-electron chi connectivity index (χ1n) is 6.49. The lowest BCUT2D eigenvalue weighted by Crippen LogP contribution is -1.86. The van der Waals surface area contributed by atoms with Gasteiger partial charge in [-0.15, -0.1) is 0 Å². The highest BCUT2D eigenvalue weighted by Crippen LogP contribution is 2.16. The summed E-state index contributed by atoms with van der Waals surface area (Å²) < 4.78 is 10.4. The van der Waals surface area contributed by atoms with E-state index < -0.39 is 0 Å². The largest absolute Gasteiger partial charge is 0.434 e. The predicted molar refractivity (Wildman–Crippen MR) is 76.3 cm³/mol. The molecule has 1 aromatic heterocycles. The van der Waals surface area contributed by atoms with Crippen LogP contribution in [-0.2, 0) is 0 Å². The van der Waals surface area contributed by atoms with Crippen molar-refractivity contribution in [3.8, 4) is 5.95 Å². The minimum Gasteiger partial charge on any atom is -0.434 e. The topological polar surface area (TPSA) is 39.4 Å². The highest BCUT2D eigenvalue weighted by molar-refractivity contribution is 5.91. The first kappa shape index (κ1) is 15.0. The zero-order chi connectivity index (χ0) is 13.9. The van der Waals surface area contributed by atoms with Crippen LogP contribution in [0.1, 0.15) is 43.7 Å². The Labute approximate surface area is 114 Å². The standard InChI is InChI=1S/C16H20O3/c1-3-4-5-6-7-8-9-10-13-18-16-12-11-15(19-16)14(2)17/h6-13H,3-5H2,1-2H3/b7-6+,9-8+,13-10+. The number of Topliss-reactive ketones (excluding diaryl/α,β-unsaturated/α-hetero) is 1. The molecular weight excluding hydrogens is 240 g/mol. The van der Waals surface area contributed by atoms with Crippen LogP contribution < -0.4 is 4.74 Å². The van der Waals surface area contributed by atoms with Crippen molar-refractivity contribution in [2.45, 2.75) is 33.1 Å². The molecule has 0 N–H and O–H groups in total. The second-order valence-electron chi connectivity index (χ2n) is 4.08. The van der Waals surface area contributed by atoms with E-state index in [0.29, 0.717) is 11.7 Å². The number of hydrogen-bond donors (Lipinski definition) is 0. The molecule has 19 heavy (non-hydrogen) atoms. The fraction of sp³-hybridized carbons (Fsp3) is 0.312. The highest BCUT2D eigenvalue weighted by Gasteiger charge is 2.05. The molecule has 0 bridgehead atoms. The number of carbonyl (C=O) groups excluding carboxylic acids is 1. The molecule has 0 atom stereocenters. The molecule has 0 aliphatic heterocycles. The van der Waals surface area contributed by atoms with Crippen molar-refractivity contribution >= 4 is 5.78 Å². The van der Waals surface area contributed by atoms with Gasteiger partial charge in [0.25, 0.3) is 5.95 Å². The molecule has 3 heteroatoms. The molecule has 102 valence electrons. The molecule has 0 saturated heterocycles. The Hall–Kier alpha value is -2.03. The van der Waals surface area contributed by atoms with E-state index in [1.165, 1.54) is 26.0 Å². The third-order valence-electron chi connectivity index (χ3n) is 2.38. The summed E-state index contributed by atoms with van der Waals surface area (Å²) in [4.78, 5) is 11.0. The number of hydrogen-bond acceptors (Lipinski definition) is 3. The fourth-order valence-electron chi connectivity index (χ4n) is 1.35. The summed E-state index contributed by atoms with van der Waals surface area (Å²) in [6.07, 6.45) is 14.8. The van der Waals surface area contributed by atoms with Crippen LogP contribution in [0.15, 0.2) is 53.2 Å². The molecule has 0 aliphatic rings. The minimum absolute atomic E-state index is 0.115. The third kappa shape index (κ3) is 6.46. The maximum atomic E-state index is 11.0. The van der Waals surface area contributed by atoms with Gasteiger partial charge in [0.1, 0.15) is 0 Å². The zero-order valence-corrected chi connectivity index (χ0v) is 11.5. The summed E-state index contributed by atoms with van der Waals surface area (Å²) in [5.41, 5.74) is 0. The number of ketones is 1. The van der Waals surface area contributed by atoms with Gasteiger partial charge in [-0.05, 0) is 18.6 Å². The number of carbonyl (C=O) groups is 1. The normalized spacial score (nSPS) is 11.9. The molecule has 0 saturated carbocycles. The maximum Gasteiger partial charge on any atom is 0.289 e. The number of unbranched alkanes of at least 4 members (excludes halogenated alkanes) is 2. The molecular formula is C16H20O3. The van der Waals surface area contributed by atoms with E-state index in [1.807, 2.05) is 18.2 Å². The monoisotopic (exact) mass is 260 g/mol. The van der Waals surface area contributed by atoms with Crippen molar-refractivity contribution in [2.75, 3.05) is 0 Å². The van der Waals surface area contributed by atoms with Gasteiger partial charge in [0.15, 0.2) is 11.5 Å². The summed E-state index contributed by atoms with van der Waals surface area (Å²) in [7, 11) is 0. The molecule has 0 fully saturated rings. The van der Waals surface area contributed by atoms with Gasteiger partial charge in [-0.3, -0.25) is 4.79 Å². The van der Waals surface area contributed by atoms with Crippen LogP contribution in [0, 0.1) is 0 Å². The zero-order valence-electron chi connectivity index (χ0n) is 11.5. The SMILES string of the molecule is CCCC/C=C/C=C/C=C/Oc1ccc(C(C)=O)o1. The van der Waals surface area contributed by atoms with Crippen LogP contribution in [0.4, 0.5) is 0 Å². The van der Waals surface area contributed by atoms with E-state index in [0.717, 1.165) is 6.42 Å². The van der Waals surface area contributed by atoms with Crippen LogP contribution in [0.5, 0.6) is 5.95 Å². The van der Waals surface area contributed by atoms with Gasteiger partial charge >= 0.3 is 0 Å². The van der Waals surface area contributed by atoms with Crippen molar-refractivity contribution in [2.24, 2.45) is 0 Å². The second-order valence-corrected chi connectivity index (χ2v) is 4.08. The Morgan fingerprint density at radius 3 is 2.74 bits per heavy atom. The lowest BCUT2D eigenvalue weighted by atomic mass is 10.2. The first-order chi connectivity index (χ1) is 9.24. The van der Waals surface area contributed by atoms with Crippen LogP contribution in [0.2, 0.25) is 0 Å². The fourth-order valence-corrected chi connectivity index (χ4v) is 1.35. The summed E-state index contributed by atoms with van der Waals surface area (Å²) >= 11 is 0. The van der Waals surface area contributed by atoms with Gasteiger partial charge in [0.2, 0.25) is 0 Å². The highest BCUT2D eigenvalue weighted by atomic mass is 16.6.